The molecule has 4 N–H and O–H groups in total. The van der Waals surface area contributed by atoms with E-state index in [9.17, 15) is 24.3 Å². The first-order chi connectivity index (χ1) is 13.2. The molecule has 9 nitrogen and oxygen atoms in total. The Labute approximate surface area is 177 Å². The summed E-state index contributed by atoms with van der Waals surface area (Å²) in [6.07, 6.45) is 4.82. The van der Waals surface area contributed by atoms with Crippen molar-refractivity contribution in [1.82, 2.24) is 20.9 Å². The minimum absolute atomic E-state index is 0. The van der Waals surface area contributed by atoms with Crippen LogP contribution in [0.5, 0.6) is 0 Å². The maximum atomic E-state index is 12.6. The molecule has 3 amide bonds. The molecule has 0 bridgehead atoms. The van der Waals surface area contributed by atoms with Gasteiger partial charge in [-0.25, -0.2) is 4.79 Å². The first kappa shape index (κ1) is 25.2. The van der Waals surface area contributed by atoms with Gasteiger partial charge in [-0.3, -0.25) is 14.4 Å². The lowest BCUT2D eigenvalue weighted by atomic mass is 9.92. The Balaban J connectivity index is 0.00000420. The summed E-state index contributed by atoms with van der Waals surface area (Å²) < 4.78 is 0. The molecule has 2 aliphatic heterocycles. The molecule has 0 unspecified atom stereocenters. The highest BCUT2D eigenvalue weighted by Gasteiger charge is 2.38. The van der Waals surface area contributed by atoms with Gasteiger partial charge in [0.15, 0.2) is 0 Å². The number of hydrogen-bond acceptors (Lipinski definition) is 5. The van der Waals surface area contributed by atoms with Gasteiger partial charge in [0.05, 0.1) is 5.92 Å². The van der Waals surface area contributed by atoms with Crippen LogP contribution in [-0.4, -0.2) is 65.5 Å². The third-order valence-corrected chi connectivity index (χ3v) is 5.60. The van der Waals surface area contributed by atoms with E-state index in [-0.39, 0.29) is 24.9 Å². The van der Waals surface area contributed by atoms with E-state index in [2.05, 4.69) is 16.0 Å². The molecule has 2 rings (SSSR count). The van der Waals surface area contributed by atoms with Crippen molar-refractivity contribution in [2.24, 2.45) is 11.8 Å². The molecule has 0 radical (unpaired) electrons. The monoisotopic (exact) mass is 432 g/mol. The van der Waals surface area contributed by atoms with Crippen molar-refractivity contribution in [3.63, 3.8) is 0 Å². The number of carboxylic acid groups (broad SMARTS) is 1. The Hall–Kier alpha value is -1.87. The molecule has 2 aliphatic rings. The quantitative estimate of drug-likeness (QED) is 0.433. The van der Waals surface area contributed by atoms with Crippen LogP contribution in [0.2, 0.25) is 0 Å². The van der Waals surface area contributed by atoms with Crippen LogP contribution >= 0.6 is 12.4 Å². The molecule has 2 heterocycles. The SMILES string of the molecule is CC(=O)N[C@@](C)(NC(=O)[C@@H]1CCCN(C(=O)CCC2CCNCC2)C1)C(=O)O.Cl. The van der Waals surface area contributed by atoms with E-state index in [1.54, 1.807) is 4.90 Å². The number of carboxylic acids is 1. The van der Waals surface area contributed by atoms with Crippen molar-refractivity contribution in [1.29, 1.82) is 0 Å². The Bertz CT molecular complexity index is 611. The second kappa shape index (κ2) is 11.3. The summed E-state index contributed by atoms with van der Waals surface area (Å²) in [6, 6.07) is 0. The van der Waals surface area contributed by atoms with Gasteiger partial charge in [0.2, 0.25) is 23.4 Å². The Kier molecular flexibility index (Phi) is 9.85. The smallest absolute Gasteiger partial charge is 0.350 e. The van der Waals surface area contributed by atoms with Crippen molar-refractivity contribution in [2.75, 3.05) is 26.2 Å². The van der Waals surface area contributed by atoms with Crippen molar-refractivity contribution < 1.29 is 24.3 Å². The van der Waals surface area contributed by atoms with Crippen LogP contribution in [-0.2, 0) is 19.2 Å². The van der Waals surface area contributed by atoms with E-state index < -0.39 is 29.4 Å². The number of likely N-dealkylation sites (tertiary alicyclic amines) is 1. The minimum Gasteiger partial charge on any atom is -0.478 e. The predicted octanol–water partition coefficient (Wildman–Crippen LogP) is 0.480. The molecule has 166 valence electrons. The van der Waals surface area contributed by atoms with Crippen LogP contribution in [0.1, 0.15) is 52.4 Å². The standard InChI is InChI=1S/C19H32N4O5.ClH/c1-13(24)21-19(2,18(27)28)22-17(26)15-4-3-11-23(12-15)16(25)6-5-14-7-9-20-10-8-14;/h14-15,20H,3-12H2,1-2H3,(H,21,24)(H,22,26)(H,27,28);1H/t15-,19+;/m1./s1. The molecule has 0 aromatic carbocycles. The predicted molar refractivity (Wildman–Crippen MR) is 109 cm³/mol. The van der Waals surface area contributed by atoms with E-state index in [0.29, 0.717) is 31.7 Å². The third kappa shape index (κ3) is 7.47. The van der Waals surface area contributed by atoms with E-state index in [1.165, 1.54) is 13.8 Å². The highest BCUT2D eigenvalue weighted by atomic mass is 35.5. The van der Waals surface area contributed by atoms with Gasteiger partial charge in [0.25, 0.3) is 0 Å². The fraction of sp³-hybridized carbons (Fsp3) is 0.789. The summed E-state index contributed by atoms with van der Waals surface area (Å²) in [6.45, 7) is 5.34. The number of amides is 3. The number of aliphatic carboxylic acids is 1. The normalized spacial score (nSPS) is 22.0. The maximum absolute atomic E-state index is 12.6. The Morgan fingerprint density at radius 3 is 2.38 bits per heavy atom. The van der Waals surface area contributed by atoms with Gasteiger partial charge in [-0.1, -0.05) is 0 Å². The minimum atomic E-state index is -1.87. The number of piperidine rings is 2. The first-order valence-corrected chi connectivity index (χ1v) is 10.0. The average molecular weight is 433 g/mol. The molecule has 29 heavy (non-hydrogen) atoms. The Morgan fingerprint density at radius 2 is 1.79 bits per heavy atom. The summed E-state index contributed by atoms with van der Waals surface area (Å²) in [4.78, 5) is 49.7. The third-order valence-electron chi connectivity index (χ3n) is 5.60. The molecular formula is C19H33ClN4O5. The topological polar surface area (TPSA) is 128 Å². The lowest BCUT2D eigenvalue weighted by molar-refractivity contribution is -0.151. The number of rotatable bonds is 7. The lowest BCUT2D eigenvalue weighted by Crippen LogP contribution is -2.64. The van der Waals surface area contributed by atoms with Crippen molar-refractivity contribution in [3.05, 3.63) is 0 Å². The van der Waals surface area contributed by atoms with Gasteiger partial charge in [-0.2, -0.15) is 0 Å². The molecular weight excluding hydrogens is 400 g/mol. The van der Waals surface area contributed by atoms with E-state index >= 15 is 0 Å². The molecule has 10 heteroatoms. The zero-order chi connectivity index (χ0) is 20.7. The summed E-state index contributed by atoms with van der Waals surface area (Å²) in [5.74, 6) is -2.22. The van der Waals surface area contributed by atoms with Crippen LogP contribution in [0.3, 0.4) is 0 Å². The summed E-state index contributed by atoms with van der Waals surface area (Å²) in [5, 5.41) is 17.4. The molecule has 0 aromatic heterocycles. The zero-order valence-corrected chi connectivity index (χ0v) is 18.0. The summed E-state index contributed by atoms with van der Waals surface area (Å²) in [5.41, 5.74) is -1.87. The number of nitrogens with zero attached hydrogens (tertiary/aromatic N) is 1. The Morgan fingerprint density at radius 1 is 1.14 bits per heavy atom. The second-order valence-corrected chi connectivity index (χ2v) is 8.01. The number of carbonyl (C=O) groups excluding carboxylic acids is 3. The molecule has 0 aliphatic carbocycles. The largest absolute Gasteiger partial charge is 0.478 e. The molecule has 0 saturated carbocycles. The molecule has 0 aromatic rings. The van der Waals surface area contributed by atoms with Gasteiger partial charge >= 0.3 is 5.97 Å². The van der Waals surface area contributed by atoms with Crippen molar-refractivity contribution in [2.45, 2.75) is 58.0 Å². The van der Waals surface area contributed by atoms with Crippen molar-refractivity contribution in [3.8, 4) is 0 Å². The van der Waals surface area contributed by atoms with E-state index in [1.807, 2.05) is 0 Å². The number of halogens is 1. The maximum Gasteiger partial charge on any atom is 0.350 e. The average Bonchev–Trinajstić information content (AvgIpc) is 2.66. The summed E-state index contributed by atoms with van der Waals surface area (Å²) >= 11 is 0. The van der Waals surface area contributed by atoms with Crippen LogP contribution in [0.4, 0.5) is 0 Å². The van der Waals surface area contributed by atoms with Gasteiger partial charge < -0.3 is 26.0 Å². The fourth-order valence-corrected chi connectivity index (χ4v) is 3.91. The molecule has 2 fully saturated rings. The fourth-order valence-electron chi connectivity index (χ4n) is 3.91. The zero-order valence-electron chi connectivity index (χ0n) is 17.2. The van der Waals surface area contributed by atoms with Gasteiger partial charge in [-0.15, -0.1) is 12.4 Å². The number of carbonyl (C=O) groups is 4. The molecule has 0 spiro atoms. The van der Waals surface area contributed by atoms with Crippen LogP contribution in [0.15, 0.2) is 0 Å². The van der Waals surface area contributed by atoms with Gasteiger partial charge in [0.1, 0.15) is 0 Å². The lowest BCUT2D eigenvalue weighted by Gasteiger charge is -2.35. The van der Waals surface area contributed by atoms with E-state index in [4.69, 9.17) is 0 Å². The van der Waals surface area contributed by atoms with Crippen molar-refractivity contribution >= 4 is 36.1 Å². The molecule has 2 atom stereocenters. The van der Waals surface area contributed by atoms with Crippen LogP contribution < -0.4 is 16.0 Å². The van der Waals surface area contributed by atoms with Crippen LogP contribution in [0.25, 0.3) is 0 Å². The second-order valence-electron chi connectivity index (χ2n) is 8.01. The number of hydrogen-bond donors (Lipinski definition) is 4. The molecule has 2 saturated heterocycles. The summed E-state index contributed by atoms with van der Waals surface area (Å²) in [7, 11) is 0. The van der Waals surface area contributed by atoms with E-state index in [0.717, 1.165) is 32.4 Å². The highest BCUT2D eigenvalue weighted by Crippen LogP contribution is 2.22. The number of nitrogens with one attached hydrogen (secondary N) is 3. The van der Waals surface area contributed by atoms with Gasteiger partial charge in [0, 0.05) is 26.4 Å². The van der Waals surface area contributed by atoms with Gasteiger partial charge in [-0.05, 0) is 58.0 Å². The highest BCUT2D eigenvalue weighted by molar-refractivity contribution is 5.91. The first-order valence-electron chi connectivity index (χ1n) is 10.0. The van der Waals surface area contributed by atoms with Crippen LogP contribution in [0, 0.1) is 11.8 Å².